The van der Waals surface area contributed by atoms with E-state index in [2.05, 4.69) is 21.2 Å². The van der Waals surface area contributed by atoms with Gasteiger partial charge in [0.2, 0.25) is 5.91 Å². The van der Waals surface area contributed by atoms with Crippen LogP contribution in [0.3, 0.4) is 0 Å². The highest BCUT2D eigenvalue weighted by atomic mass is 79.9. The average Bonchev–Trinajstić information content (AvgIpc) is 2.34. The molecule has 0 heterocycles. The van der Waals surface area contributed by atoms with Crippen molar-refractivity contribution in [2.45, 2.75) is 13.0 Å². The fourth-order valence-electron chi connectivity index (χ4n) is 1.28. The molecule has 0 spiro atoms. The van der Waals surface area contributed by atoms with E-state index in [0.717, 1.165) is 15.6 Å². The Kier molecular flexibility index (Phi) is 5.72. The zero-order valence-electron chi connectivity index (χ0n) is 10.3. The van der Waals surface area contributed by atoms with Crippen molar-refractivity contribution in [3.8, 4) is 0 Å². The summed E-state index contributed by atoms with van der Waals surface area (Å²) in [6, 6.07) is 5.69. The van der Waals surface area contributed by atoms with Crippen molar-refractivity contribution < 1.29 is 19.8 Å². The van der Waals surface area contributed by atoms with Crippen LogP contribution in [0.15, 0.2) is 28.7 Å². The SMILES string of the molecule is Cc1ccc(C=CC(=O)NCC(O)C(=O)O)c(Br)c1. The Morgan fingerprint density at radius 1 is 1.47 bits per heavy atom. The number of carboxylic acids is 1. The van der Waals surface area contributed by atoms with Crippen molar-refractivity contribution in [2.75, 3.05) is 6.54 Å². The normalized spacial score (nSPS) is 12.4. The third-order valence-corrected chi connectivity index (χ3v) is 3.01. The molecule has 0 aliphatic heterocycles. The van der Waals surface area contributed by atoms with Gasteiger partial charge in [0, 0.05) is 10.5 Å². The highest BCUT2D eigenvalue weighted by Crippen LogP contribution is 2.19. The standard InChI is InChI=1S/C13H14BrNO4/c1-8-2-3-9(10(14)6-8)4-5-12(17)15-7-11(16)13(18)19/h2-6,11,16H,7H2,1H3,(H,15,17)(H,18,19). The van der Waals surface area contributed by atoms with Crippen molar-refractivity contribution in [3.63, 3.8) is 0 Å². The Morgan fingerprint density at radius 2 is 2.16 bits per heavy atom. The summed E-state index contributed by atoms with van der Waals surface area (Å²) in [5.41, 5.74) is 1.93. The third kappa shape index (κ3) is 5.23. The van der Waals surface area contributed by atoms with E-state index in [1.54, 1.807) is 6.08 Å². The topological polar surface area (TPSA) is 86.6 Å². The van der Waals surface area contributed by atoms with Crippen LogP contribution in [-0.4, -0.2) is 34.7 Å². The van der Waals surface area contributed by atoms with Crippen LogP contribution in [0.2, 0.25) is 0 Å². The number of aryl methyl sites for hydroxylation is 1. The Hall–Kier alpha value is -1.66. The Bertz CT molecular complexity index is 513. The summed E-state index contributed by atoms with van der Waals surface area (Å²) in [4.78, 5) is 21.7. The summed E-state index contributed by atoms with van der Waals surface area (Å²) in [5.74, 6) is -1.83. The lowest BCUT2D eigenvalue weighted by Crippen LogP contribution is -2.35. The van der Waals surface area contributed by atoms with Crippen molar-refractivity contribution in [1.82, 2.24) is 5.32 Å². The first-order chi connectivity index (χ1) is 8.90. The second-order valence-electron chi connectivity index (χ2n) is 3.96. The lowest BCUT2D eigenvalue weighted by Gasteiger charge is -2.05. The van der Waals surface area contributed by atoms with Crippen LogP contribution >= 0.6 is 15.9 Å². The number of aliphatic hydroxyl groups excluding tert-OH is 1. The first-order valence-electron chi connectivity index (χ1n) is 5.53. The summed E-state index contributed by atoms with van der Waals surface area (Å²) in [5, 5.41) is 19.7. The van der Waals surface area contributed by atoms with Gasteiger partial charge in [-0.05, 0) is 30.2 Å². The number of amides is 1. The lowest BCUT2D eigenvalue weighted by atomic mass is 10.1. The van der Waals surface area contributed by atoms with Gasteiger partial charge in [-0.1, -0.05) is 28.1 Å². The van der Waals surface area contributed by atoms with Crippen LogP contribution in [0.5, 0.6) is 0 Å². The molecule has 0 radical (unpaired) electrons. The summed E-state index contributed by atoms with van der Waals surface area (Å²) in [6.45, 7) is 1.63. The molecule has 0 saturated heterocycles. The highest BCUT2D eigenvalue weighted by molar-refractivity contribution is 9.10. The smallest absolute Gasteiger partial charge is 0.334 e. The molecule has 3 N–H and O–H groups in total. The summed E-state index contributed by atoms with van der Waals surface area (Å²) >= 11 is 3.38. The van der Waals surface area contributed by atoms with E-state index in [0.29, 0.717) is 0 Å². The second-order valence-corrected chi connectivity index (χ2v) is 4.81. The molecule has 1 amide bonds. The van der Waals surface area contributed by atoms with Gasteiger partial charge < -0.3 is 15.5 Å². The van der Waals surface area contributed by atoms with Crippen molar-refractivity contribution in [3.05, 3.63) is 39.9 Å². The molecule has 1 aromatic carbocycles. The fraction of sp³-hybridized carbons (Fsp3) is 0.231. The predicted octanol–water partition coefficient (Wildman–Crippen LogP) is 1.33. The number of carbonyl (C=O) groups is 2. The number of benzene rings is 1. The molecule has 6 heteroatoms. The Labute approximate surface area is 119 Å². The van der Waals surface area contributed by atoms with Crippen molar-refractivity contribution in [1.29, 1.82) is 0 Å². The molecule has 0 aromatic heterocycles. The van der Waals surface area contributed by atoms with Crippen LogP contribution in [0.25, 0.3) is 6.08 Å². The summed E-state index contributed by atoms with van der Waals surface area (Å²) < 4.78 is 0.863. The average molecular weight is 328 g/mol. The van der Waals surface area contributed by atoms with Gasteiger partial charge in [-0.25, -0.2) is 4.79 Å². The van der Waals surface area contributed by atoms with Crippen molar-refractivity contribution >= 4 is 33.9 Å². The molecule has 0 aliphatic rings. The number of aliphatic carboxylic acids is 1. The van der Waals surface area contributed by atoms with E-state index < -0.39 is 18.0 Å². The molecule has 5 nitrogen and oxygen atoms in total. The predicted molar refractivity (Wildman–Crippen MR) is 74.6 cm³/mol. The molecule has 1 rings (SSSR count). The minimum absolute atomic E-state index is 0.326. The molecule has 0 saturated carbocycles. The van der Waals surface area contributed by atoms with Crippen LogP contribution in [0, 0.1) is 6.92 Å². The maximum Gasteiger partial charge on any atom is 0.334 e. The molecule has 19 heavy (non-hydrogen) atoms. The molecule has 1 unspecified atom stereocenters. The number of carboxylic acid groups (broad SMARTS) is 1. The molecule has 0 aliphatic carbocycles. The Morgan fingerprint density at radius 3 is 2.74 bits per heavy atom. The Balaban J connectivity index is 2.56. The number of carbonyl (C=O) groups excluding carboxylic acids is 1. The summed E-state index contributed by atoms with van der Waals surface area (Å²) in [7, 11) is 0. The van der Waals surface area contributed by atoms with Gasteiger partial charge in [-0.2, -0.15) is 0 Å². The zero-order chi connectivity index (χ0) is 14.4. The van der Waals surface area contributed by atoms with Crippen LogP contribution in [0.4, 0.5) is 0 Å². The maximum absolute atomic E-state index is 11.4. The fourth-order valence-corrected chi connectivity index (χ4v) is 1.90. The first-order valence-corrected chi connectivity index (χ1v) is 6.32. The van der Waals surface area contributed by atoms with Crippen LogP contribution < -0.4 is 5.32 Å². The minimum atomic E-state index is -1.59. The number of rotatable bonds is 5. The number of halogens is 1. The van der Waals surface area contributed by atoms with Gasteiger partial charge in [0.15, 0.2) is 6.10 Å². The van der Waals surface area contributed by atoms with Gasteiger partial charge in [0.1, 0.15) is 0 Å². The molecular weight excluding hydrogens is 314 g/mol. The highest BCUT2D eigenvalue weighted by Gasteiger charge is 2.12. The maximum atomic E-state index is 11.4. The van der Waals surface area contributed by atoms with Crippen LogP contribution in [-0.2, 0) is 9.59 Å². The number of hydrogen-bond donors (Lipinski definition) is 3. The zero-order valence-corrected chi connectivity index (χ0v) is 11.8. The monoisotopic (exact) mass is 327 g/mol. The third-order valence-electron chi connectivity index (χ3n) is 2.32. The van der Waals surface area contributed by atoms with Crippen LogP contribution in [0.1, 0.15) is 11.1 Å². The van der Waals surface area contributed by atoms with Gasteiger partial charge in [-0.15, -0.1) is 0 Å². The molecule has 0 bridgehead atoms. The molecule has 1 aromatic rings. The number of hydrogen-bond acceptors (Lipinski definition) is 3. The molecule has 1 atom stereocenters. The first kappa shape index (κ1) is 15.4. The van der Waals surface area contributed by atoms with E-state index >= 15 is 0 Å². The number of aliphatic hydroxyl groups is 1. The quantitative estimate of drug-likeness (QED) is 0.712. The minimum Gasteiger partial charge on any atom is -0.479 e. The second kappa shape index (κ2) is 7.06. The molecular formula is C13H14BrNO4. The molecule has 0 fully saturated rings. The van der Waals surface area contributed by atoms with Gasteiger partial charge in [0.25, 0.3) is 0 Å². The summed E-state index contributed by atoms with van der Waals surface area (Å²) in [6.07, 6.45) is 1.29. The number of nitrogens with one attached hydrogen (secondary N) is 1. The van der Waals surface area contributed by atoms with E-state index in [4.69, 9.17) is 10.2 Å². The van der Waals surface area contributed by atoms with Gasteiger partial charge in [-0.3, -0.25) is 4.79 Å². The van der Waals surface area contributed by atoms with E-state index in [1.807, 2.05) is 25.1 Å². The van der Waals surface area contributed by atoms with E-state index in [9.17, 15) is 9.59 Å². The largest absolute Gasteiger partial charge is 0.479 e. The van der Waals surface area contributed by atoms with E-state index in [1.165, 1.54) is 6.08 Å². The van der Waals surface area contributed by atoms with Crippen molar-refractivity contribution in [2.24, 2.45) is 0 Å². The molecule has 102 valence electrons. The van der Waals surface area contributed by atoms with E-state index in [-0.39, 0.29) is 6.54 Å². The van der Waals surface area contributed by atoms with Gasteiger partial charge in [0.05, 0.1) is 6.54 Å². The van der Waals surface area contributed by atoms with Gasteiger partial charge >= 0.3 is 5.97 Å². The lowest BCUT2D eigenvalue weighted by molar-refractivity contribution is -0.146.